The van der Waals surface area contributed by atoms with Gasteiger partial charge in [-0.25, -0.2) is 4.68 Å². The van der Waals surface area contributed by atoms with E-state index in [1.165, 1.54) is 29.9 Å². The number of halogens is 3. The summed E-state index contributed by atoms with van der Waals surface area (Å²) in [6.07, 6.45) is -7.24. The highest BCUT2D eigenvalue weighted by molar-refractivity contribution is 7.77. The molecule has 1 aromatic heterocycles. The average Bonchev–Trinajstić information content (AvgIpc) is 3.40. The van der Waals surface area contributed by atoms with Gasteiger partial charge in [-0.1, -0.05) is 35.0 Å². The molecule has 1 aliphatic rings. The third-order valence-electron chi connectivity index (χ3n) is 6.23. The zero-order valence-corrected chi connectivity index (χ0v) is 24.8. The van der Waals surface area contributed by atoms with Crippen LogP contribution >= 0.6 is 12.8 Å². The van der Waals surface area contributed by atoms with Gasteiger partial charge in [0.05, 0.1) is 18.3 Å². The van der Waals surface area contributed by atoms with Crippen LogP contribution in [0.3, 0.4) is 0 Å². The molecule has 5 atom stereocenters. The highest BCUT2D eigenvalue weighted by Gasteiger charge is 2.51. The number of amides is 1. The molecule has 0 saturated carbocycles. The number of hydrogen-bond acceptors (Lipinski definition) is 13. The van der Waals surface area contributed by atoms with Crippen molar-refractivity contribution in [2.45, 2.75) is 83.4 Å². The Bertz CT molecular complexity index is 1310. The number of carbonyl (C=O) groups excluding carboxylic acids is 4. The molecule has 2 N–H and O–H groups in total. The summed E-state index contributed by atoms with van der Waals surface area (Å²) in [5, 5.41) is 10.6. The molecule has 242 valence electrons. The highest BCUT2D eigenvalue weighted by atomic mass is 32.1. The summed E-state index contributed by atoms with van der Waals surface area (Å²) in [4.78, 5) is 54.3. The number of alkyl halides is 3. The van der Waals surface area contributed by atoms with Crippen LogP contribution in [0, 0.1) is 0 Å². The molecule has 1 aromatic carbocycles. The molecule has 0 bridgehead atoms. The van der Waals surface area contributed by atoms with Crippen LogP contribution in [0.2, 0.25) is 0 Å². The lowest BCUT2D eigenvalue weighted by Gasteiger charge is -2.45. The minimum absolute atomic E-state index is 0.0447. The number of benzene rings is 1. The third kappa shape index (κ3) is 10.2. The molecular weight excluding hydrogens is 615 g/mol. The molecule has 1 saturated heterocycles. The van der Waals surface area contributed by atoms with Crippen LogP contribution in [-0.2, 0) is 55.7 Å². The lowest BCUT2D eigenvalue weighted by atomic mass is 9.95. The molecule has 44 heavy (non-hydrogen) atoms. The molecule has 1 amide bonds. The Morgan fingerprint density at radius 3 is 2.41 bits per heavy atom. The Morgan fingerprint density at radius 2 is 1.77 bits per heavy atom. The second-order valence-corrected chi connectivity index (χ2v) is 9.90. The van der Waals surface area contributed by atoms with Gasteiger partial charge in [0.25, 0.3) is 0 Å². The fourth-order valence-corrected chi connectivity index (χ4v) is 4.58. The predicted octanol–water partition coefficient (Wildman–Crippen LogP) is 2.14. The normalized spacial score (nSPS) is 21.8. The quantitative estimate of drug-likeness (QED) is 0.0954. The molecule has 0 aliphatic carbocycles. The molecule has 2 aromatic rings. The van der Waals surface area contributed by atoms with Crippen molar-refractivity contribution in [3.05, 3.63) is 36.0 Å². The fourth-order valence-electron chi connectivity index (χ4n) is 4.48. The Morgan fingerprint density at radius 1 is 1.07 bits per heavy atom. The van der Waals surface area contributed by atoms with Gasteiger partial charge in [0.2, 0.25) is 5.91 Å². The van der Waals surface area contributed by atoms with Crippen LogP contribution < -0.4 is 10.2 Å². The van der Waals surface area contributed by atoms with Crippen molar-refractivity contribution >= 4 is 36.6 Å². The number of rotatable bonds is 13. The second kappa shape index (κ2) is 15.8. The van der Waals surface area contributed by atoms with Gasteiger partial charge in [-0.3, -0.25) is 19.2 Å². The number of unbranched alkanes of at least 4 members (excludes halogenated alkanes) is 1. The molecule has 0 spiro atoms. The average molecular weight is 648 g/mol. The van der Waals surface area contributed by atoms with Gasteiger partial charge in [-0.05, 0) is 25.0 Å². The van der Waals surface area contributed by atoms with Crippen LogP contribution in [0.25, 0.3) is 11.3 Å². The van der Waals surface area contributed by atoms with Crippen LogP contribution in [0.15, 0.2) is 30.5 Å². The molecular formula is C26H32F3N5O9S. The standard InChI is InChI=1S/C26H32F3N5O9S/c1-14(35)30-22-24(41-16(3)37)23(40-15(2)36)20(42-25(22)39-10-5-4-9-21(38)43-33-44)13-34-12-19(31-32-34)17-7-6-8-18(11-17)26(27,28)29/h6-8,11-12,20,22-25,33,44H,4-5,9-10,13H2,1-3H3,(H,30,35)/t20?,22-,23-,24?,25+/m0/s1. The van der Waals surface area contributed by atoms with Crippen LogP contribution in [0.1, 0.15) is 45.6 Å². The Kier molecular flexibility index (Phi) is 12.5. The number of hydrogen-bond donors (Lipinski definition) is 3. The molecule has 2 heterocycles. The van der Waals surface area contributed by atoms with E-state index in [-0.39, 0.29) is 30.8 Å². The van der Waals surface area contributed by atoms with Gasteiger partial charge in [-0.15, -0.1) is 5.10 Å². The number of esters is 2. The van der Waals surface area contributed by atoms with Gasteiger partial charge in [-0.2, -0.15) is 13.2 Å². The van der Waals surface area contributed by atoms with E-state index < -0.39 is 66.2 Å². The van der Waals surface area contributed by atoms with Gasteiger partial charge >= 0.3 is 24.1 Å². The Balaban J connectivity index is 1.86. The smallest absolute Gasteiger partial charge is 0.416 e. The molecule has 2 unspecified atom stereocenters. The Labute approximate surface area is 255 Å². The first-order valence-corrected chi connectivity index (χ1v) is 13.8. The van der Waals surface area contributed by atoms with Gasteiger partial charge in [0.15, 0.2) is 18.5 Å². The van der Waals surface area contributed by atoms with E-state index >= 15 is 0 Å². The summed E-state index contributed by atoms with van der Waals surface area (Å²) < 4.78 is 63.9. The van der Waals surface area contributed by atoms with E-state index in [1.807, 2.05) is 4.89 Å². The van der Waals surface area contributed by atoms with Crippen molar-refractivity contribution in [1.29, 1.82) is 0 Å². The van der Waals surface area contributed by atoms with Crippen LogP contribution in [0.5, 0.6) is 0 Å². The van der Waals surface area contributed by atoms with Gasteiger partial charge in [0, 0.05) is 39.4 Å². The lowest BCUT2D eigenvalue weighted by Crippen LogP contribution is -2.66. The molecule has 1 aliphatic heterocycles. The summed E-state index contributed by atoms with van der Waals surface area (Å²) in [6.45, 7) is 3.36. The minimum Gasteiger partial charge on any atom is -0.456 e. The molecule has 14 nitrogen and oxygen atoms in total. The molecule has 18 heteroatoms. The lowest BCUT2D eigenvalue weighted by molar-refractivity contribution is -0.274. The molecule has 0 radical (unpaired) electrons. The van der Waals surface area contributed by atoms with Crippen molar-refractivity contribution in [3.63, 3.8) is 0 Å². The fraction of sp³-hybridized carbons (Fsp3) is 0.538. The van der Waals surface area contributed by atoms with E-state index in [0.717, 1.165) is 26.0 Å². The summed E-state index contributed by atoms with van der Waals surface area (Å²) in [5.41, 5.74) is -0.576. The largest absolute Gasteiger partial charge is 0.456 e. The van der Waals surface area contributed by atoms with E-state index in [1.54, 1.807) is 0 Å². The number of nitrogens with zero attached hydrogens (tertiary/aromatic N) is 3. The van der Waals surface area contributed by atoms with Crippen LogP contribution in [-0.4, -0.2) is 76.1 Å². The SMILES string of the molecule is CC(=O)N[C@H]1C(OC(C)=O)[C@@H](OC(C)=O)C(Cn2cc(-c3cccc(C(F)(F)F)c3)nn2)O[C@H]1OCCCCC(=O)ONS. The van der Waals surface area contributed by atoms with E-state index in [9.17, 15) is 32.3 Å². The van der Waals surface area contributed by atoms with Crippen LogP contribution in [0.4, 0.5) is 13.2 Å². The summed E-state index contributed by atoms with van der Waals surface area (Å²) in [6, 6.07) is 3.42. The minimum atomic E-state index is -4.56. The maximum atomic E-state index is 13.2. The zero-order valence-electron chi connectivity index (χ0n) is 23.9. The van der Waals surface area contributed by atoms with E-state index in [0.29, 0.717) is 12.8 Å². The first kappa shape index (κ1) is 34.7. The summed E-state index contributed by atoms with van der Waals surface area (Å²) >= 11 is 3.58. The second-order valence-electron chi connectivity index (χ2n) is 9.71. The first-order chi connectivity index (χ1) is 20.8. The molecule has 1 fully saturated rings. The number of ether oxygens (including phenoxy) is 4. The topological polar surface area (TPSA) is 169 Å². The third-order valence-corrected chi connectivity index (χ3v) is 6.32. The van der Waals surface area contributed by atoms with Crippen molar-refractivity contribution in [3.8, 4) is 11.3 Å². The maximum Gasteiger partial charge on any atom is 0.416 e. The van der Waals surface area contributed by atoms with E-state index in [2.05, 4.69) is 33.3 Å². The van der Waals surface area contributed by atoms with Crippen molar-refractivity contribution in [2.24, 2.45) is 0 Å². The monoisotopic (exact) mass is 647 g/mol. The summed E-state index contributed by atoms with van der Waals surface area (Å²) in [5.74, 6) is -2.55. The Hall–Kier alpha value is -3.74. The summed E-state index contributed by atoms with van der Waals surface area (Å²) in [7, 11) is 0. The van der Waals surface area contributed by atoms with Crippen molar-refractivity contribution in [1.82, 2.24) is 25.2 Å². The number of aromatic nitrogens is 3. The van der Waals surface area contributed by atoms with E-state index in [4.69, 9.17) is 18.9 Å². The number of thiol groups is 1. The predicted molar refractivity (Wildman–Crippen MR) is 146 cm³/mol. The van der Waals surface area contributed by atoms with Crippen molar-refractivity contribution < 1.29 is 56.1 Å². The zero-order chi connectivity index (χ0) is 32.4. The van der Waals surface area contributed by atoms with Gasteiger partial charge < -0.3 is 29.1 Å². The van der Waals surface area contributed by atoms with Gasteiger partial charge in [0.1, 0.15) is 17.8 Å². The number of nitrogens with one attached hydrogen (secondary N) is 2. The first-order valence-electron chi connectivity index (χ1n) is 13.3. The van der Waals surface area contributed by atoms with Crippen molar-refractivity contribution in [2.75, 3.05) is 6.61 Å². The number of carbonyl (C=O) groups is 4. The highest BCUT2D eigenvalue weighted by Crippen LogP contribution is 2.32. The molecule has 3 rings (SSSR count). The maximum absolute atomic E-state index is 13.2.